The van der Waals surface area contributed by atoms with Crippen LogP contribution in [-0.4, -0.2) is 25.0 Å². The maximum absolute atomic E-state index is 11.9. The molecule has 0 aliphatic rings. The van der Waals surface area contributed by atoms with Crippen molar-refractivity contribution in [1.82, 2.24) is 5.32 Å². The van der Waals surface area contributed by atoms with Crippen molar-refractivity contribution in [2.24, 2.45) is 5.92 Å². The molecule has 0 bridgehead atoms. The maximum Gasteiger partial charge on any atom is 0.328 e. The normalized spacial score (nSPS) is 12.8. The highest BCUT2D eigenvalue weighted by molar-refractivity contribution is 5.84. The van der Waals surface area contributed by atoms with Crippen LogP contribution < -0.4 is 5.32 Å². The Labute approximate surface area is 124 Å². The van der Waals surface area contributed by atoms with Gasteiger partial charge in [-0.2, -0.15) is 5.26 Å². The van der Waals surface area contributed by atoms with Crippen molar-refractivity contribution >= 4 is 11.9 Å². The smallest absolute Gasteiger partial charge is 0.328 e. The highest BCUT2D eigenvalue weighted by atomic mass is 16.5. The Bertz CT molecular complexity index is 508. The molecule has 0 radical (unpaired) electrons. The number of benzene rings is 1. The van der Waals surface area contributed by atoms with Crippen molar-refractivity contribution in [3.8, 4) is 6.07 Å². The van der Waals surface area contributed by atoms with Gasteiger partial charge in [0.05, 0.1) is 13.2 Å². The maximum atomic E-state index is 11.9. The van der Waals surface area contributed by atoms with Gasteiger partial charge in [-0.25, -0.2) is 4.79 Å². The molecule has 1 rings (SSSR count). The van der Waals surface area contributed by atoms with Gasteiger partial charge in [0.25, 0.3) is 0 Å². The Balaban J connectivity index is 2.52. The molecule has 0 aliphatic heterocycles. The molecule has 0 aromatic heterocycles. The third-order valence-electron chi connectivity index (χ3n) is 3.11. The van der Waals surface area contributed by atoms with E-state index < -0.39 is 12.0 Å². The van der Waals surface area contributed by atoms with Crippen LogP contribution in [0.2, 0.25) is 0 Å². The van der Waals surface area contributed by atoms with E-state index in [1.165, 1.54) is 7.11 Å². The second-order valence-electron chi connectivity index (χ2n) is 4.89. The minimum Gasteiger partial charge on any atom is -0.467 e. The van der Waals surface area contributed by atoms with E-state index in [0.29, 0.717) is 12.8 Å². The van der Waals surface area contributed by atoms with E-state index in [2.05, 4.69) is 10.1 Å². The third-order valence-corrected chi connectivity index (χ3v) is 3.11. The number of hydrogen-bond donors (Lipinski definition) is 1. The fourth-order valence-electron chi connectivity index (χ4n) is 1.93. The van der Waals surface area contributed by atoms with Gasteiger partial charge in [0.1, 0.15) is 6.04 Å². The summed E-state index contributed by atoms with van der Waals surface area (Å²) < 4.78 is 4.66. The van der Waals surface area contributed by atoms with E-state index in [-0.39, 0.29) is 18.2 Å². The first kappa shape index (κ1) is 16.7. The molecule has 1 N–H and O–H groups in total. The lowest BCUT2D eigenvalue weighted by molar-refractivity contribution is -0.145. The van der Waals surface area contributed by atoms with Crippen molar-refractivity contribution < 1.29 is 14.3 Å². The second-order valence-corrected chi connectivity index (χ2v) is 4.89. The van der Waals surface area contributed by atoms with Crippen LogP contribution >= 0.6 is 0 Å². The van der Waals surface area contributed by atoms with Crippen LogP contribution in [0.25, 0.3) is 0 Å². The fourth-order valence-corrected chi connectivity index (χ4v) is 1.93. The summed E-state index contributed by atoms with van der Waals surface area (Å²) in [5.41, 5.74) is 1.06. The zero-order chi connectivity index (χ0) is 15.7. The molecule has 1 aromatic carbocycles. The molecule has 2 atom stereocenters. The summed E-state index contributed by atoms with van der Waals surface area (Å²) in [6.45, 7) is 1.70. The van der Waals surface area contributed by atoms with Crippen LogP contribution in [0.3, 0.4) is 0 Å². The van der Waals surface area contributed by atoms with Gasteiger partial charge < -0.3 is 10.1 Å². The lowest BCUT2D eigenvalue weighted by atomic mass is 10.0. The van der Waals surface area contributed by atoms with Gasteiger partial charge in [-0.05, 0) is 25.3 Å². The van der Waals surface area contributed by atoms with Crippen molar-refractivity contribution in [1.29, 1.82) is 5.26 Å². The van der Waals surface area contributed by atoms with Crippen LogP contribution in [-0.2, 0) is 20.7 Å². The molecule has 112 valence electrons. The zero-order valence-electron chi connectivity index (χ0n) is 12.3. The van der Waals surface area contributed by atoms with E-state index in [1.807, 2.05) is 36.4 Å². The number of nitrogens with one attached hydrogen (secondary N) is 1. The first-order chi connectivity index (χ1) is 10.1. The number of rotatable bonds is 7. The molecule has 0 spiro atoms. The molecule has 0 fully saturated rings. The summed E-state index contributed by atoms with van der Waals surface area (Å²) >= 11 is 0. The predicted molar refractivity (Wildman–Crippen MR) is 78.1 cm³/mol. The van der Waals surface area contributed by atoms with E-state index >= 15 is 0 Å². The van der Waals surface area contributed by atoms with Gasteiger partial charge in [0, 0.05) is 12.3 Å². The van der Waals surface area contributed by atoms with Crippen molar-refractivity contribution in [3.63, 3.8) is 0 Å². The van der Waals surface area contributed by atoms with Gasteiger partial charge in [0.15, 0.2) is 0 Å². The van der Waals surface area contributed by atoms with E-state index in [0.717, 1.165) is 5.56 Å². The third kappa shape index (κ3) is 6.09. The topological polar surface area (TPSA) is 79.2 Å². The molecule has 0 saturated heterocycles. The van der Waals surface area contributed by atoms with E-state index in [1.54, 1.807) is 6.92 Å². The molecule has 5 heteroatoms. The van der Waals surface area contributed by atoms with Crippen LogP contribution in [0.15, 0.2) is 30.3 Å². The summed E-state index contributed by atoms with van der Waals surface area (Å²) in [4.78, 5) is 23.5. The Morgan fingerprint density at radius 1 is 1.33 bits per heavy atom. The standard InChI is InChI=1S/C16H20N2O3/c1-12(11-17)10-14(16(20)21-2)18-15(19)9-8-13-6-4-3-5-7-13/h3-7,12,14H,8-10H2,1-2H3,(H,18,19)/t12-,14+/m1/s1. The number of esters is 1. The molecule has 0 heterocycles. The van der Waals surface area contributed by atoms with Gasteiger partial charge in [0.2, 0.25) is 5.91 Å². The van der Waals surface area contributed by atoms with Crippen molar-refractivity contribution in [2.75, 3.05) is 7.11 Å². The molecule has 5 nitrogen and oxygen atoms in total. The first-order valence-electron chi connectivity index (χ1n) is 6.87. The number of nitriles is 1. The highest BCUT2D eigenvalue weighted by Crippen LogP contribution is 2.08. The Hall–Kier alpha value is -2.35. The zero-order valence-corrected chi connectivity index (χ0v) is 12.3. The minimum absolute atomic E-state index is 0.223. The van der Waals surface area contributed by atoms with Crippen LogP contribution in [0, 0.1) is 17.2 Å². The largest absolute Gasteiger partial charge is 0.467 e. The second kappa shape index (κ2) is 8.75. The molecular weight excluding hydrogens is 268 g/mol. The average Bonchev–Trinajstić information content (AvgIpc) is 2.52. The SMILES string of the molecule is COC(=O)[C@H](C[C@@H](C)C#N)NC(=O)CCc1ccccc1. The summed E-state index contributed by atoms with van der Waals surface area (Å²) in [6.07, 6.45) is 1.15. The van der Waals surface area contributed by atoms with Gasteiger partial charge in [-0.3, -0.25) is 4.79 Å². The van der Waals surface area contributed by atoms with E-state index in [9.17, 15) is 9.59 Å². The van der Waals surface area contributed by atoms with E-state index in [4.69, 9.17) is 5.26 Å². The number of aryl methyl sites for hydroxylation is 1. The average molecular weight is 288 g/mol. The lowest BCUT2D eigenvalue weighted by Gasteiger charge is -2.17. The number of amides is 1. The monoisotopic (exact) mass is 288 g/mol. The molecule has 0 unspecified atom stereocenters. The van der Waals surface area contributed by atoms with Crippen LogP contribution in [0.4, 0.5) is 0 Å². The number of carbonyl (C=O) groups is 2. The summed E-state index contributed by atoms with van der Waals surface area (Å²) in [5.74, 6) is -1.08. The van der Waals surface area contributed by atoms with Gasteiger partial charge >= 0.3 is 5.97 Å². The Morgan fingerprint density at radius 3 is 2.57 bits per heavy atom. The molecular formula is C16H20N2O3. The fraction of sp³-hybridized carbons (Fsp3) is 0.438. The first-order valence-corrected chi connectivity index (χ1v) is 6.87. The number of methoxy groups -OCH3 is 1. The van der Waals surface area contributed by atoms with Crippen LogP contribution in [0.5, 0.6) is 0 Å². The van der Waals surface area contributed by atoms with Gasteiger partial charge in [-0.15, -0.1) is 0 Å². The number of nitrogens with zero attached hydrogens (tertiary/aromatic N) is 1. The van der Waals surface area contributed by atoms with Crippen molar-refractivity contribution in [2.45, 2.75) is 32.2 Å². The Kier molecular flexibility index (Phi) is 6.96. The highest BCUT2D eigenvalue weighted by Gasteiger charge is 2.23. The summed E-state index contributed by atoms with van der Waals surface area (Å²) in [5, 5.41) is 11.4. The number of ether oxygens (including phenoxy) is 1. The molecule has 0 aliphatic carbocycles. The predicted octanol–water partition coefficient (Wildman–Crippen LogP) is 1.83. The van der Waals surface area contributed by atoms with Gasteiger partial charge in [-0.1, -0.05) is 30.3 Å². The Morgan fingerprint density at radius 2 is 2.00 bits per heavy atom. The number of carbonyl (C=O) groups excluding carboxylic acids is 2. The quantitative estimate of drug-likeness (QED) is 0.776. The minimum atomic E-state index is -0.770. The lowest BCUT2D eigenvalue weighted by Crippen LogP contribution is -2.42. The number of hydrogen-bond acceptors (Lipinski definition) is 4. The summed E-state index contributed by atoms with van der Waals surface area (Å²) in [7, 11) is 1.27. The molecule has 21 heavy (non-hydrogen) atoms. The van der Waals surface area contributed by atoms with Crippen LogP contribution in [0.1, 0.15) is 25.3 Å². The van der Waals surface area contributed by atoms with Crippen molar-refractivity contribution in [3.05, 3.63) is 35.9 Å². The molecule has 1 aromatic rings. The summed E-state index contributed by atoms with van der Waals surface area (Å²) in [6, 6.07) is 10.9. The molecule has 0 saturated carbocycles. The molecule has 1 amide bonds.